The molecule has 2 aromatic rings. The van der Waals surface area contributed by atoms with Crippen LogP contribution in [0.1, 0.15) is 54.7 Å². The third kappa shape index (κ3) is 2.61. The molecule has 2 aromatic carbocycles. The first-order valence-electron chi connectivity index (χ1n) is 8.64. The first-order chi connectivity index (χ1) is 11.2. The number of methoxy groups -OCH3 is 1. The largest absolute Gasteiger partial charge is 0.497 e. The SMILES string of the molecule is COc1ccc2c(c1)CCC1(CCCC1)C2c1ccc(Br)cc1. The van der Waals surface area contributed by atoms with Gasteiger partial charge < -0.3 is 4.74 Å². The first-order valence-corrected chi connectivity index (χ1v) is 9.43. The molecule has 0 saturated heterocycles. The average Bonchev–Trinajstić information content (AvgIpc) is 3.05. The number of hydrogen-bond acceptors (Lipinski definition) is 1. The minimum Gasteiger partial charge on any atom is -0.497 e. The topological polar surface area (TPSA) is 9.23 Å². The molecule has 23 heavy (non-hydrogen) atoms. The van der Waals surface area contributed by atoms with E-state index in [0.717, 1.165) is 10.2 Å². The van der Waals surface area contributed by atoms with Gasteiger partial charge in [-0.2, -0.15) is 0 Å². The van der Waals surface area contributed by atoms with Crippen molar-refractivity contribution in [3.8, 4) is 5.75 Å². The summed E-state index contributed by atoms with van der Waals surface area (Å²) >= 11 is 3.58. The fraction of sp³-hybridized carbons (Fsp3) is 0.429. The molecular formula is C21H23BrO. The van der Waals surface area contributed by atoms with E-state index in [9.17, 15) is 0 Å². The van der Waals surface area contributed by atoms with Crippen LogP contribution in [-0.2, 0) is 6.42 Å². The molecule has 1 fully saturated rings. The highest BCUT2D eigenvalue weighted by molar-refractivity contribution is 9.10. The normalized spacial score (nSPS) is 22.1. The predicted octanol–water partition coefficient (Wildman–Crippen LogP) is 6.10. The number of benzene rings is 2. The van der Waals surface area contributed by atoms with Crippen LogP contribution in [0.3, 0.4) is 0 Å². The van der Waals surface area contributed by atoms with Crippen LogP contribution in [0.5, 0.6) is 5.75 Å². The van der Waals surface area contributed by atoms with Crippen LogP contribution in [0.25, 0.3) is 0 Å². The molecule has 0 aliphatic heterocycles. The van der Waals surface area contributed by atoms with Crippen molar-refractivity contribution < 1.29 is 4.74 Å². The van der Waals surface area contributed by atoms with Gasteiger partial charge in [-0.15, -0.1) is 0 Å². The predicted molar refractivity (Wildman–Crippen MR) is 98.2 cm³/mol. The zero-order chi connectivity index (χ0) is 15.9. The first kappa shape index (κ1) is 15.3. The quantitative estimate of drug-likeness (QED) is 0.620. The van der Waals surface area contributed by atoms with E-state index in [0.29, 0.717) is 11.3 Å². The molecule has 2 aliphatic carbocycles. The Hall–Kier alpha value is -1.28. The molecule has 120 valence electrons. The van der Waals surface area contributed by atoms with E-state index in [2.05, 4.69) is 58.4 Å². The van der Waals surface area contributed by atoms with E-state index >= 15 is 0 Å². The molecular weight excluding hydrogens is 348 g/mol. The molecule has 1 saturated carbocycles. The molecule has 0 N–H and O–H groups in total. The third-order valence-electron chi connectivity index (χ3n) is 5.97. The average molecular weight is 371 g/mol. The summed E-state index contributed by atoms with van der Waals surface area (Å²) < 4.78 is 6.61. The number of fused-ring (bicyclic) bond motifs is 1. The second-order valence-electron chi connectivity index (χ2n) is 7.12. The molecule has 1 unspecified atom stereocenters. The number of aryl methyl sites for hydroxylation is 1. The van der Waals surface area contributed by atoms with Gasteiger partial charge in [0.15, 0.2) is 0 Å². The zero-order valence-corrected chi connectivity index (χ0v) is 15.2. The number of halogens is 1. The summed E-state index contributed by atoms with van der Waals surface area (Å²) in [4.78, 5) is 0. The molecule has 0 aromatic heterocycles. The van der Waals surface area contributed by atoms with Gasteiger partial charge in [0.25, 0.3) is 0 Å². The Morgan fingerprint density at radius 1 is 1.00 bits per heavy atom. The van der Waals surface area contributed by atoms with Crippen LogP contribution in [0.2, 0.25) is 0 Å². The van der Waals surface area contributed by atoms with Gasteiger partial charge in [0.05, 0.1) is 7.11 Å². The minimum atomic E-state index is 0.468. The van der Waals surface area contributed by atoms with E-state index in [-0.39, 0.29) is 0 Å². The number of hydrogen-bond donors (Lipinski definition) is 0. The molecule has 4 rings (SSSR count). The van der Waals surface area contributed by atoms with Gasteiger partial charge in [0.1, 0.15) is 5.75 Å². The second-order valence-corrected chi connectivity index (χ2v) is 8.03. The van der Waals surface area contributed by atoms with Gasteiger partial charge in [-0.05, 0) is 72.1 Å². The van der Waals surface area contributed by atoms with Crippen molar-refractivity contribution in [1.82, 2.24) is 0 Å². The van der Waals surface area contributed by atoms with E-state index in [1.54, 1.807) is 7.11 Å². The Morgan fingerprint density at radius 2 is 1.74 bits per heavy atom. The van der Waals surface area contributed by atoms with E-state index in [4.69, 9.17) is 4.74 Å². The second kappa shape index (κ2) is 5.98. The summed E-state index contributed by atoms with van der Waals surface area (Å²) in [6.07, 6.45) is 8.03. The maximum absolute atomic E-state index is 5.45. The maximum atomic E-state index is 5.45. The molecule has 1 nitrogen and oxygen atoms in total. The van der Waals surface area contributed by atoms with Gasteiger partial charge >= 0.3 is 0 Å². The third-order valence-corrected chi connectivity index (χ3v) is 6.50. The molecule has 2 aliphatic rings. The lowest BCUT2D eigenvalue weighted by molar-refractivity contribution is 0.219. The van der Waals surface area contributed by atoms with Crippen molar-refractivity contribution in [2.45, 2.75) is 44.4 Å². The minimum absolute atomic E-state index is 0.468. The standard InChI is InChI=1S/C21H23BrO/c1-23-18-8-9-19-16(14-18)10-13-21(11-2-3-12-21)20(19)15-4-6-17(22)7-5-15/h4-9,14,20H,2-3,10-13H2,1H3. The van der Waals surface area contributed by atoms with Crippen molar-refractivity contribution in [3.05, 3.63) is 63.6 Å². The van der Waals surface area contributed by atoms with Crippen molar-refractivity contribution in [1.29, 1.82) is 0 Å². The molecule has 1 spiro atoms. The molecule has 1 atom stereocenters. The monoisotopic (exact) mass is 370 g/mol. The van der Waals surface area contributed by atoms with E-state index in [1.165, 1.54) is 55.2 Å². The molecule has 0 amide bonds. The lowest BCUT2D eigenvalue weighted by Crippen LogP contribution is -2.32. The number of ether oxygens (including phenoxy) is 1. The fourth-order valence-electron chi connectivity index (χ4n) is 4.87. The van der Waals surface area contributed by atoms with Crippen molar-refractivity contribution in [2.24, 2.45) is 5.41 Å². The summed E-state index contributed by atoms with van der Waals surface area (Å²) in [7, 11) is 1.76. The lowest BCUT2D eigenvalue weighted by atomic mass is 9.61. The van der Waals surface area contributed by atoms with Gasteiger partial charge in [0.2, 0.25) is 0 Å². The Kier molecular flexibility index (Phi) is 3.96. The van der Waals surface area contributed by atoms with Crippen LogP contribution in [0, 0.1) is 5.41 Å². The van der Waals surface area contributed by atoms with Crippen molar-refractivity contribution in [3.63, 3.8) is 0 Å². The Balaban J connectivity index is 1.85. The number of rotatable bonds is 2. The molecule has 2 heteroatoms. The highest BCUT2D eigenvalue weighted by atomic mass is 79.9. The summed E-state index contributed by atoms with van der Waals surface area (Å²) in [5.41, 5.74) is 4.95. The van der Waals surface area contributed by atoms with Crippen LogP contribution in [-0.4, -0.2) is 7.11 Å². The Bertz CT molecular complexity index is 698. The van der Waals surface area contributed by atoms with E-state index in [1.807, 2.05) is 0 Å². The smallest absolute Gasteiger partial charge is 0.119 e. The zero-order valence-electron chi connectivity index (χ0n) is 13.6. The van der Waals surface area contributed by atoms with Crippen molar-refractivity contribution in [2.75, 3.05) is 7.11 Å². The Morgan fingerprint density at radius 3 is 2.43 bits per heavy atom. The van der Waals surface area contributed by atoms with Crippen LogP contribution in [0.15, 0.2) is 46.9 Å². The fourth-order valence-corrected chi connectivity index (χ4v) is 5.14. The van der Waals surface area contributed by atoms with Crippen molar-refractivity contribution >= 4 is 15.9 Å². The Labute approximate surface area is 147 Å². The van der Waals surface area contributed by atoms with E-state index < -0.39 is 0 Å². The highest BCUT2D eigenvalue weighted by Crippen LogP contribution is 2.57. The summed E-state index contributed by atoms with van der Waals surface area (Å²) in [5, 5.41) is 0. The molecule has 0 bridgehead atoms. The molecule has 0 heterocycles. The van der Waals surface area contributed by atoms with Gasteiger partial charge in [-0.1, -0.05) is 47.0 Å². The van der Waals surface area contributed by atoms with Gasteiger partial charge in [0, 0.05) is 10.4 Å². The lowest BCUT2D eigenvalue weighted by Gasteiger charge is -2.43. The van der Waals surface area contributed by atoms with Crippen LogP contribution >= 0.6 is 15.9 Å². The maximum Gasteiger partial charge on any atom is 0.119 e. The van der Waals surface area contributed by atoms with Gasteiger partial charge in [-0.3, -0.25) is 0 Å². The van der Waals surface area contributed by atoms with Crippen LogP contribution < -0.4 is 4.74 Å². The van der Waals surface area contributed by atoms with Crippen LogP contribution in [0.4, 0.5) is 0 Å². The summed E-state index contributed by atoms with van der Waals surface area (Å²) in [5.74, 6) is 1.52. The summed E-state index contributed by atoms with van der Waals surface area (Å²) in [6, 6.07) is 15.7. The molecule has 0 radical (unpaired) electrons. The summed E-state index contributed by atoms with van der Waals surface area (Å²) in [6.45, 7) is 0. The van der Waals surface area contributed by atoms with Gasteiger partial charge in [-0.25, -0.2) is 0 Å². The highest BCUT2D eigenvalue weighted by Gasteiger charge is 2.45.